The first-order chi connectivity index (χ1) is 14.6. The van der Waals surface area contributed by atoms with Gasteiger partial charge in [0.15, 0.2) is 6.61 Å². The van der Waals surface area contributed by atoms with Gasteiger partial charge in [0, 0.05) is 44.9 Å². The first-order valence-electron chi connectivity index (χ1n) is 10.1. The predicted octanol–water partition coefficient (Wildman–Crippen LogP) is 2.72. The number of nitro benzene ring substituents is 1. The van der Waals surface area contributed by atoms with Crippen molar-refractivity contribution in [3.05, 3.63) is 70.3 Å². The van der Waals surface area contributed by atoms with Gasteiger partial charge in [-0.05, 0) is 24.1 Å². The lowest BCUT2D eigenvalue weighted by Gasteiger charge is -2.28. The maximum absolute atomic E-state index is 12.8. The van der Waals surface area contributed by atoms with Crippen LogP contribution in [0.5, 0.6) is 5.75 Å². The highest BCUT2D eigenvalue weighted by Gasteiger charge is 2.17. The molecule has 160 valence electrons. The molecular weight excluding hydrogens is 386 g/mol. The molecule has 1 aliphatic rings. The standard InChI is InChI=1S/C22H27N3O5/c26-22(18-30-21-5-2-1-3-6-21)24(12-4-11-23-13-15-29-16-14-23)17-19-7-9-20(10-8-19)25(27)28/h1-3,5-10H,4,11-18H2. The van der Waals surface area contributed by atoms with E-state index in [4.69, 9.17) is 9.47 Å². The zero-order chi connectivity index (χ0) is 21.2. The van der Waals surface area contributed by atoms with E-state index in [1.165, 1.54) is 12.1 Å². The number of para-hydroxylation sites is 1. The van der Waals surface area contributed by atoms with Gasteiger partial charge < -0.3 is 14.4 Å². The van der Waals surface area contributed by atoms with Crippen molar-refractivity contribution in [1.29, 1.82) is 0 Å². The number of nitrogens with zero attached hydrogens (tertiary/aromatic N) is 3. The van der Waals surface area contributed by atoms with Crippen molar-refractivity contribution in [2.24, 2.45) is 0 Å². The molecule has 0 N–H and O–H groups in total. The highest BCUT2D eigenvalue weighted by molar-refractivity contribution is 5.77. The van der Waals surface area contributed by atoms with Crippen LogP contribution in [-0.2, 0) is 16.1 Å². The topological polar surface area (TPSA) is 85.2 Å². The van der Waals surface area contributed by atoms with Crippen molar-refractivity contribution in [1.82, 2.24) is 9.80 Å². The second-order valence-electron chi connectivity index (χ2n) is 7.15. The van der Waals surface area contributed by atoms with Gasteiger partial charge in [0.2, 0.25) is 0 Å². The van der Waals surface area contributed by atoms with E-state index in [-0.39, 0.29) is 18.2 Å². The van der Waals surface area contributed by atoms with Crippen LogP contribution in [0.2, 0.25) is 0 Å². The van der Waals surface area contributed by atoms with Crippen LogP contribution in [-0.4, -0.2) is 66.6 Å². The number of non-ortho nitro benzene ring substituents is 1. The van der Waals surface area contributed by atoms with Crippen LogP contribution in [0.25, 0.3) is 0 Å². The van der Waals surface area contributed by atoms with E-state index < -0.39 is 4.92 Å². The first-order valence-corrected chi connectivity index (χ1v) is 10.1. The Morgan fingerprint density at radius 1 is 1.10 bits per heavy atom. The molecule has 0 aromatic heterocycles. The fourth-order valence-corrected chi connectivity index (χ4v) is 3.30. The lowest BCUT2D eigenvalue weighted by molar-refractivity contribution is -0.384. The van der Waals surface area contributed by atoms with E-state index in [1.807, 2.05) is 30.3 Å². The van der Waals surface area contributed by atoms with E-state index in [0.29, 0.717) is 18.8 Å². The van der Waals surface area contributed by atoms with Crippen molar-refractivity contribution in [3.8, 4) is 5.75 Å². The van der Waals surface area contributed by atoms with Gasteiger partial charge in [-0.3, -0.25) is 19.8 Å². The highest BCUT2D eigenvalue weighted by Crippen LogP contribution is 2.15. The summed E-state index contributed by atoms with van der Waals surface area (Å²) in [6.45, 7) is 5.14. The maximum atomic E-state index is 12.8. The summed E-state index contributed by atoms with van der Waals surface area (Å²) < 4.78 is 11.0. The number of carbonyl (C=O) groups is 1. The molecule has 2 aromatic rings. The molecule has 30 heavy (non-hydrogen) atoms. The molecule has 8 heteroatoms. The van der Waals surface area contributed by atoms with Crippen LogP contribution < -0.4 is 4.74 Å². The summed E-state index contributed by atoms with van der Waals surface area (Å²) >= 11 is 0. The largest absolute Gasteiger partial charge is 0.484 e. The van der Waals surface area contributed by atoms with E-state index in [2.05, 4.69) is 4.90 Å². The van der Waals surface area contributed by atoms with Crippen LogP contribution in [0.3, 0.4) is 0 Å². The quantitative estimate of drug-likeness (QED) is 0.440. The fourth-order valence-electron chi connectivity index (χ4n) is 3.30. The fraction of sp³-hybridized carbons (Fsp3) is 0.409. The smallest absolute Gasteiger partial charge is 0.269 e. The number of hydrogen-bond donors (Lipinski definition) is 0. The average molecular weight is 413 g/mol. The van der Waals surface area contributed by atoms with Crippen molar-refractivity contribution >= 4 is 11.6 Å². The van der Waals surface area contributed by atoms with Gasteiger partial charge >= 0.3 is 0 Å². The van der Waals surface area contributed by atoms with E-state index in [0.717, 1.165) is 44.8 Å². The average Bonchev–Trinajstić information content (AvgIpc) is 2.78. The second kappa shape index (κ2) is 11.3. The Kier molecular flexibility index (Phi) is 8.17. The Labute approximate surface area is 176 Å². The third-order valence-corrected chi connectivity index (χ3v) is 4.98. The molecule has 0 spiro atoms. The first kappa shape index (κ1) is 21.7. The molecule has 0 aliphatic carbocycles. The Balaban J connectivity index is 1.58. The lowest BCUT2D eigenvalue weighted by Crippen LogP contribution is -2.40. The molecule has 8 nitrogen and oxygen atoms in total. The minimum Gasteiger partial charge on any atom is -0.484 e. The summed E-state index contributed by atoms with van der Waals surface area (Å²) in [4.78, 5) is 27.4. The van der Waals surface area contributed by atoms with Gasteiger partial charge in [-0.1, -0.05) is 30.3 Å². The molecule has 0 radical (unpaired) electrons. The molecule has 2 aromatic carbocycles. The van der Waals surface area contributed by atoms with Gasteiger partial charge in [-0.25, -0.2) is 0 Å². The summed E-state index contributed by atoms with van der Waals surface area (Å²) in [5.74, 6) is 0.536. The highest BCUT2D eigenvalue weighted by atomic mass is 16.6. The van der Waals surface area contributed by atoms with Crippen molar-refractivity contribution in [2.75, 3.05) is 46.0 Å². The van der Waals surface area contributed by atoms with Crippen LogP contribution in [0.1, 0.15) is 12.0 Å². The Bertz CT molecular complexity index is 807. The maximum Gasteiger partial charge on any atom is 0.269 e. The molecule has 1 aliphatic heterocycles. The minimum atomic E-state index is -0.428. The van der Waals surface area contributed by atoms with E-state index in [9.17, 15) is 14.9 Å². The predicted molar refractivity (Wildman–Crippen MR) is 112 cm³/mol. The number of hydrogen-bond acceptors (Lipinski definition) is 6. The number of carbonyl (C=O) groups excluding carboxylic acids is 1. The van der Waals surface area contributed by atoms with Gasteiger partial charge in [0.25, 0.3) is 11.6 Å². The normalized spacial score (nSPS) is 14.3. The zero-order valence-corrected chi connectivity index (χ0v) is 16.9. The number of ether oxygens (including phenoxy) is 2. The molecule has 0 saturated carbocycles. The molecule has 1 saturated heterocycles. The Hall–Kier alpha value is -2.97. The van der Waals surface area contributed by atoms with Gasteiger partial charge in [0.05, 0.1) is 18.1 Å². The van der Waals surface area contributed by atoms with Gasteiger partial charge in [0.1, 0.15) is 5.75 Å². The number of amides is 1. The van der Waals surface area contributed by atoms with Crippen molar-refractivity contribution < 1.29 is 19.2 Å². The molecule has 1 fully saturated rings. The Morgan fingerprint density at radius 3 is 2.47 bits per heavy atom. The van der Waals surface area contributed by atoms with Crippen LogP contribution >= 0.6 is 0 Å². The van der Waals surface area contributed by atoms with Gasteiger partial charge in [-0.2, -0.15) is 0 Å². The van der Waals surface area contributed by atoms with E-state index >= 15 is 0 Å². The number of rotatable bonds is 10. The molecule has 3 rings (SSSR count). The zero-order valence-electron chi connectivity index (χ0n) is 16.9. The monoisotopic (exact) mass is 413 g/mol. The summed E-state index contributed by atoms with van der Waals surface area (Å²) in [5, 5.41) is 10.9. The third kappa shape index (κ3) is 6.82. The molecule has 1 heterocycles. The molecule has 0 unspecified atom stereocenters. The molecule has 1 amide bonds. The molecule has 0 bridgehead atoms. The second-order valence-corrected chi connectivity index (χ2v) is 7.15. The van der Waals surface area contributed by atoms with Crippen molar-refractivity contribution in [2.45, 2.75) is 13.0 Å². The summed E-state index contributed by atoms with van der Waals surface area (Å²) in [6, 6.07) is 15.5. The summed E-state index contributed by atoms with van der Waals surface area (Å²) in [7, 11) is 0. The van der Waals surface area contributed by atoms with Crippen LogP contribution in [0.15, 0.2) is 54.6 Å². The number of morpholine rings is 1. The minimum absolute atomic E-state index is 0.0383. The summed E-state index contributed by atoms with van der Waals surface area (Å²) in [5.41, 5.74) is 0.886. The molecule has 0 atom stereocenters. The Morgan fingerprint density at radius 2 is 1.80 bits per heavy atom. The van der Waals surface area contributed by atoms with Gasteiger partial charge in [-0.15, -0.1) is 0 Å². The van der Waals surface area contributed by atoms with Crippen molar-refractivity contribution in [3.63, 3.8) is 0 Å². The number of benzene rings is 2. The lowest BCUT2D eigenvalue weighted by atomic mass is 10.2. The SMILES string of the molecule is O=C(COc1ccccc1)N(CCCN1CCOCC1)Cc1ccc([N+](=O)[O-])cc1. The summed E-state index contributed by atoms with van der Waals surface area (Å²) in [6.07, 6.45) is 0.837. The van der Waals surface area contributed by atoms with E-state index in [1.54, 1.807) is 17.0 Å². The molecular formula is C22H27N3O5. The number of nitro groups is 1. The van der Waals surface area contributed by atoms with Crippen LogP contribution in [0, 0.1) is 10.1 Å². The third-order valence-electron chi connectivity index (χ3n) is 4.98. The van der Waals surface area contributed by atoms with Crippen LogP contribution in [0.4, 0.5) is 5.69 Å².